The molecule has 0 saturated carbocycles. The predicted molar refractivity (Wildman–Crippen MR) is 142 cm³/mol. The summed E-state index contributed by atoms with van der Waals surface area (Å²) in [5, 5.41) is 0. The summed E-state index contributed by atoms with van der Waals surface area (Å²) in [7, 11) is 1.79. The van der Waals surface area contributed by atoms with Gasteiger partial charge in [-0.3, -0.25) is 9.69 Å². The minimum absolute atomic E-state index is 0.00282. The van der Waals surface area contributed by atoms with E-state index in [1.165, 1.54) is 0 Å². The fraction of sp³-hybridized carbons (Fsp3) is 0.533. The Morgan fingerprint density at radius 1 is 1.03 bits per heavy atom. The number of esters is 1. The van der Waals surface area contributed by atoms with Gasteiger partial charge >= 0.3 is 12.1 Å². The molecule has 1 heterocycles. The van der Waals surface area contributed by atoms with Crippen molar-refractivity contribution < 1.29 is 19.1 Å². The smallest absolute Gasteiger partial charge is 0.410 e. The number of likely N-dealkylation sites (N-methyl/N-ethyl adjacent to an activating group) is 1. The van der Waals surface area contributed by atoms with E-state index in [0.29, 0.717) is 13.0 Å². The molecule has 0 aliphatic carbocycles. The van der Waals surface area contributed by atoms with E-state index in [4.69, 9.17) is 9.47 Å². The Morgan fingerprint density at radius 2 is 1.61 bits per heavy atom. The number of ether oxygens (including phenoxy) is 2. The number of benzene rings is 2. The van der Waals surface area contributed by atoms with Crippen LogP contribution in [0.25, 0.3) is 0 Å². The van der Waals surface area contributed by atoms with Crippen molar-refractivity contribution in [1.29, 1.82) is 0 Å². The van der Waals surface area contributed by atoms with E-state index in [0.717, 1.165) is 24.0 Å². The van der Waals surface area contributed by atoms with E-state index >= 15 is 0 Å². The van der Waals surface area contributed by atoms with Gasteiger partial charge in [0.05, 0.1) is 6.04 Å². The summed E-state index contributed by atoms with van der Waals surface area (Å²) in [6.07, 6.45) is 2.17. The lowest BCUT2D eigenvalue weighted by Crippen LogP contribution is -2.50. The van der Waals surface area contributed by atoms with Crippen molar-refractivity contribution in [2.75, 3.05) is 7.05 Å². The van der Waals surface area contributed by atoms with E-state index in [-0.39, 0.29) is 36.7 Å². The quantitative estimate of drug-likeness (QED) is 0.398. The second kappa shape index (κ2) is 12.4. The number of hydrogen-bond donors (Lipinski definition) is 0. The second-order valence-electron chi connectivity index (χ2n) is 10.9. The molecule has 6 heteroatoms. The topological polar surface area (TPSA) is 59.1 Å². The maximum absolute atomic E-state index is 13.4. The second-order valence-corrected chi connectivity index (χ2v) is 10.9. The van der Waals surface area contributed by atoms with Crippen LogP contribution < -0.4 is 0 Å². The zero-order valence-corrected chi connectivity index (χ0v) is 22.6. The van der Waals surface area contributed by atoms with Crippen LogP contribution in [-0.2, 0) is 27.4 Å². The van der Waals surface area contributed by atoms with Crippen LogP contribution in [0.4, 0.5) is 4.79 Å². The normalized spacial score (nSPS) is 21.1. The van der Waals surface area contributed by atoms with Crippen molar-refractivity contribution in [1.82, 2.24) is 9.80 Å². The summed E-state index contributed by atoms with van der Waals surface area (Å²) in [6, 6.07) is 19.3. The Hall–Kier alpha value is -2.86. The van der Waals surface area contributed by atoms with Gasteiger partial charge in [-0.05, 0) is 50.7 Å². The third-order valence-corrected chi connectivity index (χ3v) is 6.85. The van der Waals surface area contributed by atoms with Crippen LogP contribution in [0, 0.1) is 5.92 Å². The highest BCUT2D eigenvalue weighted by molar-refractivity contribution is 5.77. The molecule has 1 fully saturated rings. The number of carbonyl (C=O) groups excluding carboxylic acids is 2. The standard InChI is InChI=1S/C30H42N2O4/c1-7-14-22(2)27-25(31(6)29(34)35-21-24-17-12-9-13-18-24)19-26(28(33)36-30(3,4)5)32(27)20-23-15-10-8-11-16-23/h8-13,15-18,22,25-27H,7,14,19-21H2,1-6H3/t22-,25+,26+,27-/m0/s1. The number of hydrogen-bond acceptors (Lipinski definition) is 5. The Bertz CT molecular complexity index is 973. The Morgan fingerprint density at radius 3 is 2.17 bits per heavy atom. The molecular formula is C30H42N2O4. The van der Waals surface area contributed by atoms with Crippen LogP contribution >= 0.6 is 0 Å². The van der Waals surface area contributed by atoms with Gasteiger partial charge in [0.15, 0.2) is 0 Å². The van der Waals surface area contributed by atoms with Crippen molar-refractivity contribution in [2.45, 2.75) is 90.8 Å². The first-order valence-electron chi connectivity index (χ1n) is 13.1. The molecule has 0 aromatic heterocycles. The summed E-state index contributed by atoms with van der Waals surface area (Å²) in [4.78, 5) is 30.6. The SMILES string of the molecule is CCC[C@H](C)[C@H]1[C@H](N(C)C(=O)OCc2ccccc2)C[C@H](C(=O)OC(C)(C)C)N1Cc1ccccc1. The molecule has 0 spiro atoms. The van der Waals surface area contributed by atoms with Gasteiger partial charge in [0, 0.05) is 19.6 Å². The van der Waals surface area contributed by atoms with Gasteiger partial charge in [-0.25, -0.2) is 4.79 Å². The molecule has 2 aromatic rings. The molecule has 0 N–H and O–H groups in total. The Kier molecular flexibility index (Phi) is 9.55. The van der Waals surface area contributed by atoms with Crippen molar-refractivity contribution in [3.8, 4) is 0 Å². The van der Waals surface area contributed by atoms with Crippen LogP contribution in [0.3, 0.4) is 0 Å². The van der Waals surface area contributed by atoms with Gasteiger partial charge in [0.1, 0.15) is 18.2 Å². The molecule has 0 radical (unpaired) electrons. The van der Waals surface area contributed by atoms with Crippen molar-refractivity contribution in [3.63, 3.8) is 0 Å². The number of likely N-dealkylation sites (tertiary alicyclic amines) is 1. The number of nitrogens with zero attached hydrogens (tertiary/aromatic N) is 2. The monoisotopic (exact) mass is 494 g/mol. The highest BCUT2D eigenvalue weighted by Gasteiger charge is 2.50. The molecule has 3 rings (SSSR count). The maximum Gasteiger partial charge on any atom is 0.410 e. The fourth-order valence-corrected chi connectivity index (χ4v) is 5.22. The molecule has 1 saturated heterocycles. The lowest BCUT2D eigenvalue weighted by atomic mass is 9.91. The molecule has 1 aliphatic rings. The van der Waals surface area contributed by atoms with Crippen LogP contribution in [0.5, 0.6) is 0 Å². The van der Waals surface area contributed by atoms with Gasteiger partial charge in [0.25, 0.3) is 0 Å². The summed E-state index contributed by atoms with van der Waals surface area (Å²) in [6.45, 7) is 10.9. The van der Waals surface area contributed by atoms with Crippen molar-refractivity contribution >= 4 is 12.1 Å². The fourth-order valence-electron chi connectivity index (χ4n) is 5.22. The highest BCUT2D eigenvalue weighted by Crippen LogP contribution is 2.37. The van der Waals surface area contributed by atoms with Crippen LogP contribution in [-0.4, -0.2) is 52.6 Å². The first kappa shape index (κ1) is 27.7. The minimum atomic E-state index is -0.585. The van der Waals surface area contributed by atoms with Crippen LogP contribution in [0.2, 0.25) is 0 Å². The van der Waals surface area contributed by atoms with E-state index in [1.807, 2.05) is 69.3 Å². The van der Waals surface area contributed by atoms with Gasteiger partial charge in [-0.15, -0.1) is 0 Å². The number of amides is 1. The highest BCUT2D eigenvalue weighted by atomic mass is 16.6. The average molecular weight is 495 g/mol. The largest absolute Gasteiger partial charge is 0.459 e. The summed E-state index contributed by atoms with van der Waals surface area (Å²) in [5.41, 5.74) is 1.49. The Labute approximate surface area is 216 Å². The molecule has 36 heavy (non-hydrogen) atoms. The molecule has 4 atom stereocenters. The lowest BCUT2D eigenvalue weighted by Gasteiger charge is -2.37. The van der Waals surface area contributed by atoms with Gasteiger partial charge in [-0.2, -0.15) is 0 Å². The summed E-state index contributed by atoms with van der Waals surface area (Å²) >= 11 is 0. The Balaban J connectivity index is 1.88. The van der Waals surface area contributed by atoms with E-state index in [2.05, 4.69) is 30.9 Å². The number of rotatable bonds is 9. The average Bonchev–Trinajstić information content (AvgIpc) is 3.21. The molecule has 2 aromatic carbocycles. The van der Waals surface area contributed by atoms with Gasteiger partial charge in [-0.1, -0.05) is 80.9 Å². The zero-order chi connectivity index (χ0) is 26.3. The summed E-state index contributed by atoms with van der Waals surface area (Å²) in [5.74, 6) is 0.0428. The van der Waals surface area contributed by atoms with Gasteiger partial charge in [0.2, 0.25) is 0 Å². The first-order valence-corrected chi connectivity index (χ1v) is 13.1. The van der Waals surface area contributed by atoms with Gasteiger partial charge < -0.3 is 14.4 Å². The first-order chi connectivity index (χ1) is 17.1. The number of carbonyl (C=O) groups is 2. The minimum Gasteiger partial charge on any atom is -0.459 e. The van der Waals surface area contributed by atoms with Crippen LogP contribution in [0.15, 0.2) is 60.7 Å². The molecule has 1 amide bonds. The molecule has 1 aliphatic heterocycles. The molecule has 196 valence electrons. The zero-order valence-electron chi connectivity index (χ0n) is 22.6. The maximum atomic E-state index is 13.4. The predicted octanol–water partition coefficient (Wildman–Crippen LogP) is 6.04. The van der Waals surface area contributed by atoms with E-state index < -0.39 is 11.6 Å². The van der Waals surface area contributed by atoms with Crippen molar-refractivity contribution in [3.05, 3.63) is 71.8 Å². The summed E-state index contributed by atoms with van der Waals surface area (Å²) < 4.78 is 11.5. The van der Waals surface area contributed by atoms with Crippen molar-refractivity contribution in [2.24, 2.45) is 5.92 Å². The molecule has 0 bridgehead atoms. The van der Waals surface area contributed by atoms with E-state index in [1.54, 1.807) is 11.9 Å². The molecule has 6 nitrogen and oxygen atoms in total. The third-order valence-electron chi connectivity index (χ3n) is 6.85. The van der Waals surface area contributed by atoms with E-state index in [9.17, 15) is 9.59 Å². The van der Waals surface area contributed by atoms with Crippen LogP contribution in [0.1, 0.15) is 65.0 Å². The third kappa shape index (κ3) is 7.33. The molecule has 0 unspecified atom stereocenters. The lowest BCUT2D eigenvalue weighted by molar-refractivity contribution is -0.161. The molecular weight excluding hydrogens is 452 g/mol.